The fraction of sp³-hybridized carbons (Fsp3) is 0. The van der Waals surface area contributed by atoms with Gasteiger partial charge in [0.2, 0.25) is 0 Å². The number of pyridine rings is 1. The van der Waals surface area contributed by atoms with Crippen LogP contribution in [0.2, 0.25) is 0 Å². The van der Waals surface area contributed by atoms with E-state index < -0.39 is 0 Å². The Labute approximate surface area is 361 Å². The number of hydrogen-bond donors (Lipinski definition) is 1. The molecule has 11 rings (SSSR count). The van der Waals surface area contributed by atoms with Crippen molar-refractivity contribution in [2.45, 2.75) is 0 Å². The first kappa shape index (κ1) is 37.0. The van der Waals surface area contributed by atoms with Gasteiger partial charge >= 0.3 is 0 Å². The molecule has 0 aliphatic heterocycles. The molecule has 1 N–H and O–H groups in total. The van der Waals surface area contributed by atoms with Crippen LogP contribution in [0.4, 0.5) is 0 Å². The van der Waals surface area contributed by atoms with Crippen molar-refractivity contribution in [2.75, 3.05) is 0 Å². The van der Waals surface area contributed by atoms with Crippen molar-refractivity contribution in [1.29, 1.82) is 0 Å². The third-order valence-electron chi connectivity index (χ3n) is 11.2. The normalized spacial score (nSPS) is 11.3. The van der Waals surface area contributed by atoms with Gasteiger partial charge in [-0.25, -0.2) is 4.98 Å². The first-order chi connectivity index (χ1) is 29.2. The second kappa shape index (κ2) is 15.4. The molecule has 3 aromatic heterocycles. The summed E-state index contributed by atoms with van der Waals surface area (Å²) in [5, 5.41) is 13.6. The average molecular weight is 951 g/mol. The maximum atomic E-state index is 11.3. The molecule has 0 aliphatic carbocycles. The second-order valence-electron chi connectivity index (χ2n) is 14.7. The molecule has 0 radical (unpaired) electrons. The van der Waals surface area contributed by atoms with E-state index in [9.17, 15) is 5.11 Å². The number of fused-ring (bicyclic) bond motifs is 4. The summed E-state index contributed by atoms with van der Waals surface area (Å²) in [6.45, 7) is 0. The van der Waals surface area contributed by atoms with Gasteiger partial charge < -0.3 is 9.67 Å². The molecule has 288 valence electrons. The SMILES string of the molecule is Oc1ccccc1-c1nc2c(-c3[c-]c(-c4cc5c6ccccc6n(-c6ccccc6)c5cn4)cc(-c4ccccc4)c3)cccc2n1-c1ccccc1-c1ccccc1.[Pt]. The summed E-state index contributed by atoms with van der Waals surface area (Å²) < 4.78 is 4.46. The van der Waals surface area contributed by atoms with Crippen LogP contribution < -0.4 is 0 Å². The zero-order chi connectivity index (χ0) is 39.3. The van der Waals surface area contributed by atoms with Gasteiger partial charge in [0.05, 0.1) is 33.3 Å². The van der Waals surface area contributed by atoms with E-state index in [0.29, 0.717) is 11.4 Å². The number of rotatable bonds is 7. The maximum absolute atomic E-state index is 11.3. The third-order valence-corrected chi connectivity index (χ3v) is 11.2. The van der Waals surface area contributed by atoms with Crippen molar-refractivity contribution in [3.8, 4) is 73.2 Å². The molecule has 6 heteroatoms. The van der Waals surface area contributed by atoms with Gasteiger partial charge in [0, 0.05) is 55.0 Å². The molecule has 3 heterocycles. The molecule has 0 unspecified atom stereocenters. The zero-order valence-electron chi connectivity index (χ0n) is 32.2. The average Bonchev–Trinajstić information content (AvgIpc) is 3.86. The largest absolute Gasteiger partial charge is 0.507 e. The number of phenols is 1. The van der Waals surface area contributed by atoms with E-state index in [1.807, 2.05) is 42.6 Å². The Morgan fingerprint density at radius 2 is 1.07 bits per heavy atom. The molecule has 0 fully saturated rings. The van der Waals surface area contributed by atoms with Crippen LogP contribution in [-0.2, 0) is 21.1 Å². The number of aromatic hydroxyl groups is 1. The molecule has 8 aromatic carbocycles. The van der Waals surface area contributed by atoms with Gasteiger partial charge in [0.15, 0.2) is 0 Å². The first-order valence-corrected chi connectivity index (χ1v) is 19.7. The molecular formula is C54H35N4OPt-. The molecule has 0 spiro atoms. The Morgan fingerprint density at radius 1 is 0.450 bits per heavy atom. The van der Waals surface area contributed by atoms with Crippen molar-refractivity contribution >= 4 is 32.8 Å². The number of aromatic nitrogens is 4. The quantitative estimate of drug-likeness (QED) is 0.162. The summed E-state index contributed by atoms with van der Waals surface area (Å²) >= 11 is 0. The monoisotopic (exact) mass is 950 g/mol. The van der Waals surface area contributed by atoms with Gasteiger partial charge in [-0.2, -0.15) is 0 Å². The molecule has 11 aromatic rings. The van der Waals surface area contributed by atoms with Crippen molar-refractivity contribution in [3.05, 3.63) is 212 Å². The minimum Gasteiger partial charge on any atom is -0.507 e. The minimum absolute atomic E-state index is 0. The number of imidazole rings is 1. The van der Waals surface area contributed by atoms with E-state index >= 15 is 0 Å². The Hall–Kier alpha value is -7.33. The van der Waals surface area contributed by atoms with Crippen LogP contribution in [0, 0.1) is 6.07 Å². The fourth-order valence-electron chi connectivity index (χ4n) is 8.46. The summed E-state index contributed by atoms with van der Waals surface area (Å²) in [5.74, 6) is 0.813. The Bertz CT molecular complexity index is 3340. The summed E-state index contributed by atoms with van der Waals surface area (Å²) in [6.07, 6.45) is 1.99. The molecular weight excluding hydrogens is 916 g/mol. The Morgan fingerprint density at radius 3 is 1.85 bits per heavy atom. The predicted molar refractivity (Wildman–Crippen MR) is 241 cm³/mol. The standard InChI is InChI=1S/C54H35N4O.Pt/c59-52-30-15-12-25-45(52)54-56-53-43(26-16-29-50(53)58(54)48-27-13-10-23-42(48)37-19-6-2-7-20-37)39-31-38(36-17-4-1-5-18-36)32-40(33-39)47-34-46-44-24-11-14-28-49(44)57(51(46)35-55-47)41-21-8-3-9-22-41;/h1-32,34-35,59H;/q-1;. The van der Waals surface area contributed by atoms with Crippen LogP contribution in [0.1, 0.15) is 0 Å². The van der Waals surface area contributed by atoms with E-state index in [1.165, 1.54) is 0 Å². The number of phenolic OH excluding ortho intramolecular Hbond substituents is 1. The van der Waals surface area contributed by atoms with Gasteiger partial charge in [-0.3, -0.25) is 9.55 Å². The van der Waals surface area contributed by atoms with Crippen LogP contribution in [0.3, 0.4) is 0 Å². The second-order valence-corrected chi connectivity index (χ2v) is 14.7. The van der Waals surface area contributed by atoms with E-state index in [1.54, 1.807) is 6.07 Å². The third kappa shape index (κ3) is 6.32. The molecule has 0 bridgehead atoms. The van der Waals surface area contributed by atoms with Crippen LogP contribution in [0.25, 0.3) is 100 Å². The van der Waals surface area contributed by atoms with Crippen molar-refractivity contribution < 1.29 is 26.2 Å². The van der Waals surface area contributed by atoms with Crippen LogP contribution in [0.15, 0.2) is 206 Å². The van der Waals surface area contributed by atoms with E-state index in [2.05, 4.69) is 173 Å². The summed E-state index contributed by atoms with van der Waals surface area (Å²) in [4.78, 5) is 10.5. The van der Waals surface area contributed by atoms with E-state index in [4.69, 9.17) is 9.97 Å². The number of benzene rings is 8. The summed E-state index contributed by atoms with van der Waals surface area (Å²) in [7, 11) is 0. The van der Waals surface area contributed by atoms with Gasteiger partial charge in [0.1, 0.15) is 11.6 Å². The molecule has 0 amide bonds. The van der Waals surface area contributed by atoms with Gasteiger partial charge in [-0.05, 0) is 53.6 Å². The van der Waals surface area contributed by atoms with Crippen LogP contribution >= 0.6 is 0 Å². The van der Waals surface area contributed by atoms with Gasteiger partial charge in [0.25, 0.3) is 0 Å². The minimum atomic E-state index is 0. The maximum Gasteiger partial charge on any atom is 0.148 e. The molecule has 0 atom stereocenters. The van der Waals surface area contributed by atoms with E-state index in [0.717, 1.165) is 88.9 Å². The van der Waals surface area contributed by atoms with Gasteiger partial charge in [-0.1, -0.05) is 162 Å². The molecule has 60 heavy (non-hydrogen) atoms. The first-order valence-electron chi connectivity index (χ1n) is 19.7. The van der Waals surface area contributed by atoms with Crippen LogP contribution in [-0.4, -0.2) is 24.2 Å². The summed E-state index contributed by atoms with van der Waals surface area (Å²) in [5.41, 5.74) is 14.4. The van der Waals surface area contributed by atoms with Crippen molar-refractivity contribution in [3.63, 3.8) is 0 Å². The topological polar surface area (TPSA) is 55.9 Å². The zero-order valence-corrected chi connectivity index (χ0v) is 34.5. The molecule has 5 nitrogen and oxygen atoms in total. The van der Waals surface area contributed by atoms with Crippen molar-refractivity contribution in [2.24, 2.45) is 0 Å². The predicted octanol–water partition coefficient (Wildman–Crippen LogP) is 13.4. The molecule has 0 saturated carbocycles. The Balaban J connectivity index is 0.00000433. The number of para-hydroxylation sites is 5. The number of nitrogens with zero attached hydrogens (tertiary/aromatic N) is 4. The summed E-state index contributed by atoms with van der Waals surface area (Å²) in [6, 6.07) is 72.3. The van der Waals surface area contributed by atoms with E-state index in [-0.39, 0.29) is 26.8 Å². The number of hydrogen-bond acceptors (Lipinski definition) is 3. The fourth-order valence-corrected chi connectivity index (χ4v) is 8.46. The smallest absolute Gasteiger partial charge is 0.148 e. The Kier molecular flexibility index (Phi) is 9.52. The van der Waals surface area contributed by atoms with Crippen molar-refractivity contribution in [1.82, 2.24) is 19.1 Å². The van der Waals surface area contributed by atoms with Crippen LogP contribution in [0.5, 0.6) is 5.75 Å². The molecule has 0 aliphatic rings. The molecule has 0 saturated heterocycles. The van der Waals surface area contributed by atoms with Gasteiger partial charge in [-0.15, -0.1) is 23.8 Å².